The molecule has 4 aromatic carbocycles. The van der Waals surface area contributed by atoms with Crippen LogP contribution in [0.1, 0.15) is 46.1 Å². The molecule has 0 fully saturated rings. The lowest BCUT2D eigenvalue weighted by Gasteiger charge is -2.28. The van der Waals surface area contributed by atoms with Crippen LogP contribution in [0, 0.1) is 0 Å². The summed E-state index contributed by atoms with van der Waals surface area (Å²) in [5.74, 6) is -0.878. The standard InChI is InChI=1S/C28H21NO2/c30-28(31)26-16-18-7-2-4-9-20(18)27(29-26)25-11-5-10-21-23-13-12-17-6-1-3-8-19(17)22(23)14-15-24(21)25/h1-4,6-9,12-16,25H,5,10-11H2,(H,30,31). The number of fused-ring (bicyclic) bond motifs is 6. The van der Waals surface area contributed by atoms with Gasteiger partial charge in [0.05, 0.1) is 5.69 Å². The Hall–Kier alpha value is -3.72. The first-order valence-corrected chi connectivity index (χ1v) is 10.8. The van der Waals surface area contributed by atoms with Gasteiger partial charge in [-0.15, -0.1) is 0 Å². The van der Waals surface area contributed by atoms with E-state index in [0.29, 0.717) is 0 Å². The van der Waals surface area contributed by atoms with Gasteiger partial charge in [0.2, 0.25) is 0 Å². The van der Waals surface area contributed by atoms with Crippen molar-refractivity contribution in [1.82, 2.24) is 4.98 Å². The van der Waals surface area contributed by atoms with Crippen molar-refractivity contribution >= 4 is 38.3 Å². The Kier molecular flexibility index (Phi) is 4.03. The highest BCUT2D eigenvalue weighted by atomic mass is 16.4. The summed E-state index contributed by atoms with van der Waals surface area (Å²) in [5, 5.41) is 16.7. The van der Waals surface area contributed by atoms with Gasteiger partial charge in [-0.1, -0.05) is 72.8 Å². The summed E-state index contributed by atoms with van der Waals surface area (Å²) in [7, 11) is 0. The number of benzene rings is 4. The van der Waals surface area contributed by atoms with Gasteiger partial charge in [0.15, 0.2) is 0 Å². The highest BCUT2D eigenvalue weighted by Crippen LogP contribution is 2.42. The number of hydrogen-bond donors (Lipinski definition) is 1. The monoisotopic (exact) mass is 403 g/mol. The molecule has 0 amide bonds. The summed E-state index contributed by atoms with van der Waals surface area (Å²) >= 11 is 0. The zero-order valence-electron chi connectivity index (χ0n) is 17.0. The van der Waals surface area contributed by atoms with Crippen molar-refractivity contribution in [3.63, 3.8) is 0 Å². The van der Waals surface area contributed by atoms with E-state index in [1.54, 1.807) is 6.07 Å². The molecule has 0 saturated carbocycles. The largest absolute Gasteiger partial charge is 0.477 e. The molecular weight excluding hydrogens is 382 g/mol. The first kappa shape index (κ1) is 18.1. The molecule has 3 nitrogen and oxygen atoms in total. The summed E-state index contributed by atoms with van der Waals surface area (Å²) in [6, 6.07) is 27.1. The Morgan fingerprint density at radius 1 is 0.806 bits per heavy atom. The van der Waals surface area contributed by atoms with Gasteiger partial charge in [-0.2, -0.15) is 0 Å². The van der Waals surface area contributed by atoms with Gasteiger partial charge >= 0.3 is 5.97 Å². The van der Waals surface area contributed by atoms with Gasteiger partial charge in [-0.3, -0.25) is 0 Å². The predicted molar refractivity (Wildman–Crippen MR) is 125 cm³/mol. The summed E-state index contributed by atoms with van der Waals surface area (Å²) in [6.07, 6.45) is 3.08. The lowest BCUT2D eigenvalue weighted by atomic mass is 9.77. The topological polar surface area (TPSA) is 50.2 Å². The van der Waals surface area contributed by atoms with Crippen LogP contribution in [0.15, 0.2) is 78.9 Å². The van der Waals surface area contributed by atoms with E-state index >= 15 is 0 Å². The fourth-order valence-electron chi connectivity index (χ4n) is 5.30. The van der Waals surface area contributed by atoms with E-state index < -0.39 is 5.97 Å². The van der Waals surface area contributed by atoms with E-state index in [2.05, 4.69) is 59.6 Å². The number of carboxylic acids is 1. The Morgan fingerprint density at radius 3 is 2.39 bits per heavy atom. The second kappa shape index (κ2) is 6.92. The zero-order chi connectivity index (χ0) is 20.9. The first-order chi connectivity index (χ1) is 15.2. The second-order valence-electron chi connectivity index (χ2n) is 8.38. The summed E-state index contributed by atoms with van der Waals surface area (Å²) < 4.78 is 0. The first-order valence-electron chi connectivity index (χ1n) is 10.8. The number of aromatic nitrogens is 1. The predicted octanol–water partition coefficient (Wildman–Crippen LogP) is 6.71. The van der Waals surface area contributed by atoms with Crippen molar-refractivity contribution < 1.29 is 9.90 Å². The summed E-state index contributed by atoms with van der Waals surface area (Å²) in [6.45, 7) is 0. The molecule has 31 heavy (non-hydrogen) atoms. The number of carbonyl (C=O) groups is 1. The molecule has 0 saturated heterocycles. The molecule has 1 aliphatic carbocycles. The fraction of sp³-hybridized carbons (Fsp3) is 0.143. The minimum Gasteiger partial charge on any atom is -0.477 e. The molecule has 1 aromatic heterocycles. The minimum atomic E-state index is -0.979. The van der Waals surface area contributed by atoms with Crippen LogP contribution in [0.5, 0.6) is 0 Å². The van der Waals surface area contributed by atoms with Gasteiger partial charge in [0, 0.05) is 11.3 Å². The number of aryl methyl sites for hydroxylation is 1. The minimum absolute atomic E-state index is 0.101. The Morgan fingerprint density at radius 2 is 1.55 bits per heavy atom. The lowest BCUT2D eigenvalue weighted by Crippen LogP contribution is -2.15. The van der Waals surface area contributed by atoms with Gasteiger partial charge in [-0.05, 0) is 63.4 Å². The van der Waals surface area contributed by atoms with Gasteiger partial charge in [-0.25, -0.2) is 9.78 Å². The highest BCUT2D eigenvalue weighted by molar-refractivity contribution is 6.09. The molecule has 0 aliphatic heterocycles. The smallest absolute Gasteiger partial charge is 0.354 e. The van der Waals surface area contributed by atoms with E-state index in [4.69, 9.17) is 0 Å². The van der Waals surface area contributed by atoms with E-state index in [0.717, 1.165) is 35.7 Å². The van der Waals surface area contributed by atoms with Gasteiger partial charge in [0.25, 0.3) is 0 Å². The molecule has 3 heteroatoms. The molecule has 1 N–H and O–H groups in total. The van der Waals surface area contributed by atoms with E-state index in [9.17, 15) is 9.90 Å². The van der Waals surface area contributed by atoms with E-state index in [-0.39, 0.29) is 11.6 Å². The second-order valence-corrected chi connectivity index (χ2v) is 8.38. The SMILES string of the molecule is O=C(O)c1cc2ccccc2c(C2CCCc3c2ccc2c3ccc3ccccc32)n1. The van der Waals surface area contributed by atoms with Crippen LogP contribution in [-0.4, -0.2) is 16.1 Å². The molecule has 6 rings (SSSR count). The summed E-state index contributed by atoms with van der Waals surface area (Å²) in [5.41, 5.74) is 3.67. The molecule has 1 aliphatic rings. The highest BCUT2D eigenvalue weighted by Gasteiger charge is 2.27. The maximum Gasteiger partial charge on any atom is 0.354 e. The third-order valence-corrected chi connectivity index (χ3v) is 6.69. The average molecular weight is 403 g/mol. The average Bonchev–Trinajstić information content (AvgIpc) is 2.82. The third-order valence-electron chi connectivity index (χ3n) is 6.69. The number of pyridine rings is 1. The van der Waals surface area contributed by atoms with Crippen LogP contribution in [0.4, 0.5) is 0 Å². The molecule has 1 atom stereocenters. The molecule has 1 unspecified atom stereocenters. The van der Waals surface area contributed by atoms with Crippen LogP contribution < -0.4 is 0 Å². The number of nitrogens with zero attached hydrogens (tertiary/aromatic N) is 1. The maximum absolute atomic E-state index is 11.8. The van der Waals surface area contributed by atoms with Gasteiger partial charge in [0.1, 0.15) is 5.69 Å². The van der Waals surface area contributed by atoms with E-state index in [1.807, 2.05) is 18.2 Å². The van der Waals surface area contributed by atoms with Crippen LogP contribution in [0.2, 0.25) is 0 Å². The maximum atomic E-state index is 11.8. The molecule has 0 radical (unpaired) electrons. The zero-order valence-corrected chi connectivity index (χ0v) is 17.0. The number of carboxylic acid groups (broad SMARTS) is 1. The van der Waals surface area contributed by atoms with Crippen LogP contribution in [0.25, 0.3) is 32.3 Å². The van der Waals surface area contributed by atoms with Crippen LogP contribution in [-0.2, 0) is 6.42 Å². The fourth-order valence-corrected chi connectivity index (χ4v) is 5.30. The van der Waals surface area contributed by atoms with Crippen molar-refractivity contribution in [2.24, 2.45) is 0 Å². The number of hydrogen-bond acceptors (Lipinski definition) is 2. The van der Waals surface area contributed by atoms with Crippen molar-refractivity contribution in [2.75, 3.05) is 0 Å². The normalized spacial score (nSPS) is 15.9. The Labute approximate surface area is 180 Å². The van der Waals surface area contributed by atoms with Crippen LogP contribution >= 0.6 is 0 Å². The van der Waals surface area contributed by atoms with Crippen molar-refractivity contribution in [2.45, 2.75) is 25.2 Å². The molecule has 0 bridgehead atoms. The molecule has 5 aromatic rings. The molecule has 150 valence electrons. The third kappa shape index (κ3) is 2.81. The molecule has 0 spiro atoms. The number of rotatable bonds is 2. The van der Waals surface area contributed by atoms with Gasteiger partial charge < -0.3 is 5.11 Å². The Balaban J connectivity index is 1.61. The van der Waals surface area contributed by atoms with Crippen LogP contribution in [0.3, 0.4) is 0 Å². The van der Waals surface area contributed by atoms with Crippen molar-refractivity contribution in [1.29, 1.82) is 0 Å². The van der Waals surface area contributed by atoms with E-state index in [1.165, 1.54) is 32.7 Å². The van der Waals surface area contributed by atoms with Crippen molar-refractivity contribution in [3.05, 3.63) is 101 Å². The molecular formula is C28H21NO2. The van der Waals surface area contributed by atoms with Crippen molar-refractivity contribution in [3.8, 4) is 0 Å². The molecule has 1 heterocycles. The summed E-state index contributed by atoms with van der Waals surface area (Å²) in [4.78, 5) is 16.4. The lowest BCUT2D eigenvalue weighted by molar-refractivity contribution is 0.0690. The quantitative estimate of drug-likeness (QED) is 0.333. The number of aromatic carboxylic acids is 1. The Bertz CT molecular complexity index is 1500.